The number of carbonyl (C=O) groups excluding carboxylic acids is 1. The molecule has 0 spiro atoms. The van der Waals surface area contributed by atoms with Gasteiger partial charge < -0.3 is 5.32 Å². The molecular formula is C17H24N6O. The normalized spacial score (nSPS) is 11.9. The summed E-state index contributed by atoms with van der Waals surface area (Å²) in [5.41, 5.74) is 3.07. The fourth-order valence-electron chi connectivity index (χ4n) is 2.79. The molecule has 0 aliphatic carbocycles. The number of amides is 1. The smallest absolute Gasteiger partial charge is 0.220 e. The lowest BCUT2D eigenvalue weighted by Gasteiger charge is -2.14. The van der Waals surface area contributed by atoms with Crippen molar-refractivity contribution in [2.24, 2.45) is 0 Å². The van der Waals surface area contributed by atoms with Crippen molar-refractivity contribution >= 4 is 5.91 Å². The molecule has 7 nitrogen and oxygen atoms in total. The summed E-state index contributed by atoms with van der Waals surface area (Å²) < 4.78 is 3.66. The largest absolute Gasteiger partial charge is 0.352 e. The number of aromatic nitrogens is 4. The Balaban J connectivity index is 1.85. The average Bonchev–Trinajstić information content (AvgIpc) is 3.12. The molecule has 2 aromatic rings. The highest BCUT2D eigenvalue weighted by atomic mass is 16.1. The summed E-state index contributed by atoms with van der Waals surface area (Å²) in [6.45, 7) is 7.16. The van der Waals surface area contributed by atoms with Gasteiger partial charge in [0, 0.05) is 30.6 Å². The van der Waals surface area contributed by atoms with Crippen molar-refractivity contribution < 1.29 is 4.79 Å². The molecular weight excluding hydrogens is 304 g/mol. The number of hydrogen-bond donors (Lipinski definition) is 1. The fourth-order valence-corrected chi connectivity index (χ4v) is 2.79. The van der Waals surface area contributed by atoms with Crippen LogP contribution in [0.4, 0.5) is 0 Å². The van der Waals surface area contributed by atoms with E-state index in [9.17, 15) is 4.79 Å². The van der Waals surface area contributed by atoms with Crippen LogP contribution in [0.5, 0.6) is 0 Å². The molecule has 1 atom stereocenters. The van der Waals surface area contributed by atoms with E-state index in [1.165, 1.54) is 0 Å². The Morgan fingerprint density at radius 2 is 2.25 bits per heavy atom. The van der Waals surface area contributed by atoms with E-state index in [1.54, 1.807) is 10.9 Å². The van der Waals surface area contributed by atoms with E-state index in [-0.39, 0.29) is 11.9 Å². The molecule has 0 radical (unpaired) electrons. The molecule has 0 aliphatic heterocycles. The molecule has 1 N–H and O–H groups in total. The number of hydrogen-bond acceptors (Lipinski definition) is 4. The molecule has 24 heavy (non-hydrogen) atoms. The van der Waals surface area contributed by atoms with Gasteiger partial charge in [0.2, 0.25) is 5.91 Å². The Bertz CT molecular complexity index is 710. The standard InChI is InChI=1S/C17H24N6O/c1-13(12-22-10-5-9-19-22)20-17(24)7-6-16-14(2)21-23(15(16)3)11-4-8-18/h5,9-10,13H,4,6-7,11-12H2,1-3H3,(H,20,24). The number of nitrogens with zero attached hydrogens (tertiary/aromatic N) is 5. The molecule has 0 saturated heterocycles. The number of rotatable bonds is 8. The summed E-state index contributed by atoms with van der Waals surface area (Å²) in [7, 11) is 0. The van der Waals surface area contributed by atoms with Gasteiger partial charge in [0.15, 0.2) is 0 Å². The minimum absolute atomic E-state index is 0.0259. The molecule has 2 heterocycles. The van der Waals surface area contributed by atoms with Crippen molar-refractivity contribution in [2.45, 2.75) is 59.2 Å². The first-order valence-corrected chi connectivity index (χ1v) is 8.18. The maximum atomic E-state index is 12.1. The van der Waals surface area contributed by atoms with Gasteiger partial charge in [-0.1, -0.05) is 0 Å². The van der Waals surface area contributed by atoms with Crippen molar-refractivity contribution in [3.63, 3.8) is 0 Å². The van der Waals surface area contributed by atoms with Crippen LogP contribution in [0.15, 0.2) is 18.5 Å². The third kappa shape index (κ3) is 4.69. The van der Waals surface area contributed by atoms with Gasteiger partial charge in [-0.15, -0.1) is 0 Å². The van der Waals surface area contributed by atoms with Crippen LogP contribution < -0.4 is 5.32 Å². The van der Waals surface area contributed by atoms with Gasteiger partial charge in [-0.25, -0.2) is 0 Å². The quantitative estimate of drug-likeness (QED) is 0.799. The molecule has 0 fully saturated rings. The Morgan fingerprint density at radius 3 is 2.92 bits per heavy atom. The summed E-state index contributed by atoms with van der Waals surface area (Å²) in [4.78, 5) is 12.1. The van der Waals surface area contributed by atoms with Crippen LogP contribution >= 0.6 is 0 Å². The lowest BCUT2D eigenvalue weighted by Crippen LogP contribution is -2.35. The highest BCUT2D eigenvalue weighted by Gasteiger charge is 2.14. The van der Waals surface area contributed by atoms with Crippen molar-refractivity contribution in [3.8, 4) is 6.07 Å². The molecule has 0 aliphatic rings. The van der Waals surface area contributed by atoms with Gasteiger partial charge in [0.1, 0.15) is 0 Å². The van der Waals surface area contributed by atoms with E-state index in [1.807, 2.05) is 37.7 Å². The highest BCUT2D eigenvalue weighted by Crippen LogP contribution is 2.15. The Morgan fingerprint density at radius 1 is 1.46 bits per heavy atom. The second-order valence-corrected chi connectivity index (χ2v) is 5.98. The van der Waals surface area contributed by atoms with Gasteiger partial charge in [-0.3, -0.25) is 14.2 Å². The van der Waals surface area contributed by atoms with Crippen LogP contribution in [-0.2, 0) is 24.3 Å². The first-order valence-electron chi connectivity index (χ1n) is 8.18. The van der Waals surface area contributed by atoms with Gasteiger partial charge >= 0.3 is 0 Å². The van der Waals surface area contributed by atoms with Crippen LogP contribution in [0.25, 0.3) is 0 Å². The van der Waals surface area contributed by atoms with E-state index in [0.29, 0.717) is 32.4 Å². The SMILES string of the molecule is Cc1nn(CCC#N)c(C)c1CCC(=O)NC(C)Cn1cccn1. The number of nitrogens with one attached hydrogen (secondary N) is 1. The minimum atomic E-state index is 0.0259. The van der Waals surface area contributed by atoms with Gasteiger partial charge in [-0.2, -0.15) is 15.5 Å². The molecule has 0 saturated carbocycles. The zero-order valence-electron chi connectivity index (χ0n) is 14.5. The van der Waals surface area contributed by atoms with Gasteiger partial charge in [-0.05, 0) is 38.8 Å². The minimum Gasteiger partial charge on any atom is -0.352 e. The summed E-state index contributed by atoms with van der Waals surface area (Å²) in [6.07, 6.45) is 5.13. The summed E-state index contributed by atoms with van der Waals surface area (Å²) in [5.74, 6) is 0.0261. The Kier molecular flexibility index (Phi) is 6.13. The van der Waals surface area contributed by atoms with E-state index in [2.05, 4.69) is 21.6 Å². The molecule has 0 bridgehead atoms. The predicted molar refractivity (Wildman–Crippen MR) is 90.1 cm³/mol. The lowest BCUT2D eigenvalue weighted by molar-refractivity contribution is -0.121. The van der Waals surface area contributed by atoms with Crippen LogP contribution in [-0.4, -0.2) is 31.5 Å². The molecule has 1 amide bonds. The number of carbonyl (C=O) groups is 1. The third-order valence-electron chi connectivity index (χ3n) is 4.00. The zero-order valence-corrected chi connectivity index (χ0v) is 14.5. The second kappa shape index (κ2) is 8.29. The number of aryl methyl sites for hydroxylation is 2. The maximum Gasteiger partial charge on any atom is 0.220 e. The summed E-state index contributed by atoms with van der Waals surface area (Å²) in [6, 6.07) is 4.02. The zero-order chi connectivity index (χ0) is 17.5. The number of nitriles is 1. The maximum absolute atomic E-state index is 12.1. The van der Waals surface area contributed by atoms with E-state index in [0.717, 1.165) is 17.0 Å². The Hall–Kier alpha value is -2.62. The lowest BCUT2D eigenvalue weighted by atomic mass is 10.1. The van der Waals surface area contributed by atoms with E-state index in [4.69, 9.17) is 5.26 Å². The van der Waals surface area contributed by atoms with Crippen molar-refractivity contribution in [1.29, 1.82) is 5.26 Å². The van der Waals surface area contributed by atoms with Crippen molar-refractivity contribution in [1.82, 2.24) is 24.9 Å². The Labute approximate surface area is 142 Å². The van der Waals surface area contributed by atoms with E-state index < -0.39 is 0 Å². The molecule has 0 aromatic carbocycles. The first-order chi connectivity index (χ1) is 11.5. The molecule has 128 valence electrons. The second-order valence-electron chi connectivity index (χ2n) is 5.98. The first kappa shape index (κ1) is 17.7. The van der Waals surface area contributed by atoms with Crippen LogP contribution in [0, 0.1) is 25.2 Å². The fraction of sp³-hybridized carbons (Fsp3) is 0.529. The van der Waals surface area contributed by atoms with Crippen molar-refractivity contribution in [2.75, 3.05) is 0 Å². The molecule has 2 aromatic heterocycles. The summed E-state index contributed by atoms with van der Waals surface area (Å²) >= 11 is 0. The van der Waals surface area contributed by atoms with Crippen LogP contribution in [0.3, 0.4) is 0 Å². The molecule has 2 rings (SSSR count). The third-order valence-corrected chi connectivity index (χ3v) is 4.00. The molecule has 7 heteroatoms. The van der Waals surface area contributed by atoms with Crippen LogP contribution in [0.1, 0.15) is 36.7 Å². The highest BCUT2D eigenvalue weighted by molar-refractivity contribution is 5.76. The van der Waals surface area contributed by atoms with E-state index >= 15 is 0 Å². The van der Waals surface area contributed by atoms with Gasteiger partial charge in [0.05, 0.1) is 31.3 Å². The average molecular weight is 328 g/mol. The molecule has 1 unspecified atom stereocenters. The van der Waals surface area contributed by atoms with Crippen molar-refractivity contribution in [3.05, 3.63) is 35.4 Å². The topological polar surface area (TPSA) is 88.5 Å². The van der Waals surface area contributed by atoms with Gasteiger partial charge in [0.25, 0.3) is 0 Å². The predicted octanol–water partition coefficient (Wildman–Crippen LogP) is 1.75. The summed E-state index contributed by atoms with van der Waals surface area (Å²) in [5, 5.41) is 20.3. The van der Waals surface area contributed by atoms with Crippen LogP contribution in [0.2, 0.25) is 0 Å². The monoisotopic (exact) mass is 328 g/mol.